The lowest BCUT2D eigenvalue weighted by atomic mass is 9.93. The molecule has 3 aromatic rings. The predicted octanol–water partition coefficient (Wildman–Crippen LogP) is 5.20. The van der Waals surface area contributed by atoms with Crippen molar-refractivity contribution in [3.63, 3.8) is 0 Å². The molecular weight excluding hydrogens is 550 g/mol. The Morgan fingerprint density at radius 3 is 2.22 bits per heavy atom. The van der Waals surface area contributed by atoms with Crippen LogP contribution in [0.4, 0.5) is 31.5 Å². The molecule has 0 bridgehead atoms. The van der Waals surface area contributed by atoms with Gasteiger partial charge in [0, 0.05) is 63.3 Å². The smallest absolute Gasteiger partial charge is 0.257 e. The van der Waals surface area contributed by atoms with Gasteiger partial charge in [0.1, 0.15) is 5.52 Å². The Balaban J connectivity index is 1.31. The Hall–Kier alpha value is -3.41. The molecule has 0 unspecified atom stereocenters. The van der Waals surface area contributed by atoms with Crippen LogP contribution >= 0.6 is 0 Å². The van der Waals surface area contributed by atoms with Gasteiger partial charge in [-0.1, -0.05) is 0 Å². The topological polar surface area (TPSA) is 99.6 Å². The van der Waals surface area contributed by atoms with Gasteiger partial charge in [-0.15, -0.1) is 0 Å². The highest BCUT2D eigenvalue weighted by Crippen LogP contribution is 2.54. The van der Waals surface area contributed by atoms with Gasteiger partial charge in [-0.2, -0.15) is 5.10 Å². The van der Waals surface area contributed by atoms with Gasteiger partial charge in [-0.25, -0.2) is 17.2 Å². The van der Waals surface area contributed by atoms with E-state index in [1.54, 1.807) is 42.9 Å². The highest BCUT2D eigenvalue weighted by atomic mass is 32.2. The Bertz CT molecular complexity index is 1580. The molecule has 2 saturated heterocycles. The van der Waals surface area contributed by atoms with Crippen molar-refractivity contribution in [3.05, 3.63) is 42.1 Å². The van der Waals surface area contributed by atoms with Crippen LogP contribution < -0.4 is 19.8 Å². The molecule has 41 heavy (non-hydrogen) atoms. The van der Waals surface area contributed by atoms with Crippen molar-refractivity contribution in [1.82, 2.24) is 9.78 Å². The van der Waals surface area contributed by atoms with E-state index >= 15 is 0 Å². The number of alkyl halides is 2. The average molecular weight is 587 g/mol. The fraction of sp³-hybridized carbons (Fsp3) is 0.517. The first kappa shape index (κ1) is 27.7. The summed E-state index contributed by atoms with van der Waals surface area (Å²) in [7, 11) is -1.68. The lowest BCUT2D eigenvalue weighted by Gasteiger charge is -2.35. The van der Waals surface area contributed by atoms with E-state index in [4.69, 9.17) is 0 Å². The maximum absolute atomic E-state index is 13.9. The molecule has 1 spiro atoms. The fourth-order valence-corrected chi connectivity index (χ4v) is 6.65. The number of fused-ring (bicyclic) bond motifs is 1. The van der Waals surface area contributed by atoms with E-state index in [9.17, 15) is 22.0 Å². The van der Waals surface area contributed by atoms with Crippen molar-refractivity contribution in [3.8, 4) is 0 Å². The number of anilines is 4. The molecule has 2 aromatic carbocycles. The lowest BCUT2D eigenvalue weighted by molar-refractivity contribution is -0.0220. The molecule has 3 aliphatic rings. The quantitative estimate of drug-likeness (QED) is 0.395. The fourth-order valence-electron chi connectivity index (χ4n) is 6.02. The second-order valence-electron chi connectivity index (χ2n) is 11.8. The molecule has 0 radical (unpaired) electrons. The number of hydrogen-bond acceptors (Lipinski definition) is 6. The number of piperidine rings is 2. The Morgan fingerprint density at radius 1 is 0.927 bits per heavy atom. The van der Waals surface area contributed by atoms with Crippen LogP contribution in [0.25, 0.3) is 10.9 Å². The van der Waals surface area contributed by atoms with Crippen molar-refractivity contribution >= 4 is 49.6 Å². The van der Waals surface area contributed by atoms with Crippen LogP contribution in [0.1, 0.15) is 55.8 Å². The maximum Gasteiger partial charge on any atom is 0.257 e. The van der Waals surface area contributed by atoms with Gasteiger partial charge < -0.3 is 15.1 Å². The second kappa shape index (κ2) is 10.1. The van der Waals surface area contributed by atoms with Gasteiger partial charge in [0.05, 0.1) is 28.4 Å². The number of nitrogens with one attached hydrogen (secondary N) is 2. The van der Waals surface area contributed by atoms with Crippen LogP contribution in [-0.2, 0) is 17.1 Å². The van der Waals surface area contributed by atoms with Gasteiger partial charge in [-0.3, -0.25) is 14.2 Å². The van der Waals surface area contributed by atoms with E-state index in [1.165, 1.54) is 12.8 Å². The number of aryl methyl sites for hydroxylation is 1. The molecule has 3 heterocycles. The number of carbonyl (C=O) groups excluding carboxylic acids is 1. The number of amides is 1. The van der Waals surface area contributed by atoms with Crippen molar-refractivity contribution in [1.29, 1.82) is 0 Å². The van der Waals surface area contributed by atoms with Crippen molar-refractivity contribution < 1.29 is 22.0 Å². The van der Waals surface area contributed by atoms with E-state index in [1.807, 2.05) is 17.2 Å². The molecule has 1 aliphatic carbocycles. The van der Waals surface area contributed by atoms with Crippen molar-refractivity contribution in [2.75, 3.05) is 51.8 Å². The highest BCUT2D eigenvalue weighted by molar-refractivity contribution is 7.92. The van der Waals surface area contributed by atoms with Crippen LogP contribution in [0, 0.1) is 5.41 Å². The molecular formula is C29H36F2N6O3S. The highest BCUT2D eigenvalue weighted by Gasteiger charge is 2.44. The molecule has 2 N–H and O–H groups in total. The number of hydrogen-bond donors (Lipinski definition) is 2. The van der Waals surface area contributed by atoms with Crippen LogP contribution in [0.2, 0.25) is 0 Å². The van der Waals surface area contributed by atoms with E-state index in [2.05, 4.69) is 20.0 Å². The van der Waals surface area contributed by atoms with E-state index < -0.39 is 15.9 Å². The molecule has 1 aromatic heterocycles. The minimum atomic E-state index is -3.48. The molecule has 1 amide bonds. The Kier molecular flexibility index (Phi) is 6.87. The summed E-state index contributed by atoms with van der Waals surface area (Å²) in [6, 6.07) is 8.66. The number of halogens is 2. The third kappa shape index (κ3) is 5.84. The molecule has 12 heteroatoms. The van der Waals surface area contributed by atoms with Crippen molar-refractivity contribution in [2.45, 2.75) is 51.4 Å². The van der Waals surface area contributed by atoms with Gasteiger partial charge in [0.2, 0.25) is 10.0 Å². The first-order valence-corrected chi connectivity index (χ1v) is 15.9. The molecule has 3 fully saturated rings. The lowest BCUT2D eigenvalue weighted by Crippen LogP contribution is -2.39. The molecule has 1 saturated carbocycles. The van der Waals surface area contributed by atoms with Crippen LogP contribution in [0.5, 0.6) is 0 Å². The monoisotopic (exact) mass is 586 g/mol. The van der Waals surface area contributed by atoms with Crippen molar-refractivity contribution in [2.24, 2.45) is 12.5 Å². The molecule has 2 aliphatic heterocycles. The van der Waals surface area contributed by atoms with Crippen LogP contribution in [0.3, 0.4) is 0 Å². The largest absolute Gasteiger partial charge is 0.371 e. The Morgan fingerprint density at radius 2 is 1.56 bits per heavy atom. The summed E-state index contributed by atoms with van der Waals surface area (Å²) < 4.78 is 56.6. The number of rotatable bonds is 7. The molecule has 6 rings (SSSR count). The normalized spacial score (nSPS) is 19.9. The number of nitrogens with zero attached hydrogens (tertiary/aromatic N) is 4. The van der Waals surface area contributed by atoms with Crippen LogP contribution in [0.15, 0.2) is 36.5 Å². The standard InChI is InChI=1S/C29H36F2N6O3S/c1-3-41(39,40)34-21-4-5-23(24(17-21)36-12-8-28(6-7-28)9-13-36)27(38)32-22-16-20-19-35(2)33-26(20)25(18-22)37-14-10-29(30,31)11-15-37/h4-5,16-19,34H,3,6-15H2,1-2H3,(H,32,38). The summed E-state index contributed by atoms with van der Waals surface area (Å²) in [4.78, 5) is 17.9. The molecule has 0 atom stereocenters. The SMILES string of the molecule is CCS(=O)(=O)Nc1ccc(C(=O)Nc2cc(N3CCC(F)(F)CC3)c3nn(C)cc3c2)c(N2CCC3(CC2)CC3)c1. The number of aromatic nitrogens is 2. The van der Waals surface area contributed by atoms with Crippen LogP contribution in [-0.4, -0.2) is 62.0 Å². The van der Waals surface area contributed by atoms with Gasteiger partial charge in [0.15, 0.2) is 0 Å². The maximum atomic E-state index is 13.9. The first-order chi connectivity index (χ1) is 19.4. The minimum Gasteiger partial charge on any atom is -0.371 e. The van der Waals surface area contributed by atoms with E-state index in [0.717, 1.165) is 31.3 Å². The van der Waals surface area contributed by atoms with E-state index in [-0.39, 0.29) is 37.6 Å². The minimum absolute atomic E-state index is 0.0510. The number of sulfonamides is 1. The molecule has 9 nitrogen and oxygen atoms in total. The Labute approximate surface area is 238 Å². The summed E-state index contributed by atoms with van der Waals surface area (Å²) >= 11 is 0. The third-order valence-corrected chi connectivity index (χ3v) is 10.1. The summed E-state index contributed by atoms with van der Waals surface area (Å²) in [5.41, 5.74) is 3.95. The number of benzene rings is 2. The van der Waals surface area contributed by atoms with Gasteiger partial charge >= 0.3 is 0 Å². The predicted molar refractivity (Wildman–Crippen MR) is 158 cm³/mol. The summed E-state index contributed by atoms with van der Waals surface area (Å²) in [5, 5.41) is 8.38. The zero-order valence-corrected chi connectivity index (χ0v) is 24.2. The summed E-state index contributed by atoms with van der Waals surface area (Å²) in [6.45, 7) is 3.58. The summed E-state index contributed by atoms with van der Waals surface area (Å²) in [5.74, 6) is -3.05. The second-order valence-corrected chi connectivity index (χ2v) is 13.8. The first-order valence-electron chi connectivity index (χ1n) is 14.3. The number of carbonyl (C=O) groups is 1. The van der Waals surface area contributed by atoms with E-state index in [0.29, 0.717) is 39.2 Å². The average Bonchev–Trinajstić information content (AvgIpc) is 3.57. The third-order valence-electron chi connectivity index (χ3n) is 8.81. The zero-order chi connectivity index (χ0) is 29.0. The molecule has 220 valence electrons. The summed E-state index contributed by atoms with van der Waals surface area (Å²) in [6.07, 6.45) is 5.98. The van der Waals surface area contributed by atoms with Gasteiger partial charge in [0.25, 0.3) is 11.8 Å². The zero-order valence-electron chi connectivity index (χ0n) is 23.4. The van der Waals surface area contributed by atoms with Gasteiger partial charge in [-0.05, 0) is 68.4 Å².